The second kappa shape index (κ2) is 14.7. The van der Waals surface area contributed by atoms with Gasteiger partial charge in [-0.3, -0.25) is 9.97 Å². The lowest BCUT2D eigenvalue weighted by molar-refractivity contribution is -0.138. The summed E-state index contributed by atoms with van der Waals surface area (Å²) in [6, 6.07) is 24.0. The number of rotatable bonds is 6. The van der Waals surface area contributed by atoms with Gasteiger partial charge < -0.3 is 10.0 Å². The minimum Gasteiger partial charge on any atom is -0.386 e. The fourth-order valence-electron chi connectivity index (χ4n) is 5.97. The number of hydrogen-bond acceptors (Lipinski definition) is 4. The number of nitrogens with zero attached hydrogens (tertiary/aromatic N) is 3. The first kappa shape index (κ1) is 37.8. The van der Waals surface area contributed by atoms with E-state index < -0.39 is 29.1 Å². The van der Waals surface area contributed by atoms with Crippen LogP contribution in [0.25, 0.3) is 22.5 Å². The van der Waals surface area contributed by atoms with Crippen LogP contribution in [0.3, 0.4) is 0 Å². The van der Waals surface area contributed by atoms with Crippen LogP contribution in [0.15, 0.2) is 91.0 Å². The molecular formula is C40H38ClF6N3O. The van der Waals surface area contributed by atoms with Gasteiger partial charge in [0.2, 0.25) is 0 Å². The normalized spacial score (nSPS) is 14.6. The van der Waals surface area contributed by atoms with E-state index in [9.17, 15) is 31.4 Å². The average Bonchev–Trinajstić information content (AvgIpc) is 3.38. The maximum atomic E-state index is 12.8. The van der Waals surface area contributed by atoms with Gasteiger partial charge in [0.1, 0.15) is 0 Å². The van der Waals surface area contributed by atoms with Crippen LogP contribution in [-0.4, -0.2) is 21.1 Å². The molecule has 0 radical (unpaired) electrons. The molecule has 1 atom stereocenters. The highest BCUT2D eigenvalue weighted by molar-refractivity contribution is 6.17. The molecule has 11 heteroatoms. The molecule has 0 fully saturated rings. The van der Waals surface area contributed by atoms with Crippen molar-refractivity contribution in [1.29, 1.82) is 0 Å². The van der Waals surface area contributed by atoms with Crippen molar-refractivity contribution in [3.05, 3.63) is 136 Å². The standard InChI is InChI=1S/C26H27F3N2O.C14H11ClF3N/c1-16-13-20-14-22(25(3,4)32)10-12-24(20)31(16)15-19-7-11-23(30-17(19)2)18-5-8-21(9-6-18)26(27,28)29;1-9-11(8-15)4-7-13(19-9)10-2-5-12(6-3-10)14(16,17)18/h5-12,14,16,32H,13,15H2,1-4H3;2-7H,8H2,1H3. The zero-order valence-electron chi connectivity index (χ0n) is 28.8. The Morgan fingerprint density at radius 1 is 0.686 bits per heavy atom. The number of fused-ring (bicyclic) bond motifs is 1. The molecule has 1 unspecified atom stereocenters. The van der Waals surface area contributed by atoms with Crippen LogP contribution in [0.4, 0.5) is 32.0 Å². The van der Waals surface area contributed by atoms with Crippen molar-refractivity contribution >= 4 is 17.3 Å². The van der Waals surface area contributed by atoms with Gasteiger partial charge in [-0.25, -0.2) is 0 Å². The van der Waals surface area contributed by atoms with Crippen LogP contribution in [0.5, 0.6) is 0 Å². The third-order valence-corrected chi connectivity index (χ3v) is 9.32. The van der Waals surface area contributed by atoms with E-state index in [-0.39, 0.29) is 0 Å². The molecule has 5 aromatic rings. The van der Waals surface area contributed by atoms with Gasteiger partial charge >= 0.3 is 12.4 Å². The molecule has 1 aliphatic heterocycles. The van der Waals surface area contributed by atoms with Gasteiger partial charge in [-0.2, -0.15) is 26.3 Å². The Kier molecular flexibility index (Phi) is 10.9. The number of anilines is 1. The first-order valence-electron chi connectivity index (χ1n) is 16.3. The number of benzene rings is 3. The van der Waals surface area contributed by atoms with Gasteiger partial charge in [0.25, 0.3) is 0 Å². The van der Waals surface area contributed by atoms with E-state index in [0.717, 1.165) is 64.5 Å². The van der Waals surface area contributed by atoms with E-state index in [4.69, 9.17) is 11.6 Å². The molecule has 0 spiro atoms. The lowest BCUT2D eigenvalue weighted by Crippen LogP contribution is -2.29. The Bertz CT molecular complexity index is 1990. The van der Waals surface area contributed by atoms with E-state index in [1.165, 1.54) is 29.8 Å². The Balaban J connectivity index is 0.000000226. The minimum absolute atomic E-state index is 0.316. The predicted octanol–water partition coefficient (Wildman–Crippen LogP) is 11.1. The lowest BCUT2D eigenvalue weighted by Gasteiger charge is -2.26. The Morgan fingerprint density at radius 3 is 1.55 bits per heavy atom. The summed E-state index contributed by atoms with van der Waals surface area (Å²) in [5.74, 6) is 0.367. The molecule has 2 aromatic heterocycles. The molecule has 0 amide bonds. The quantitative estimate of drug-likeness (QED) is 0.140. The first-order valence-corrected chi connectivity index (χ1v) is 16.9. The van der Waals surface area contributed by atoms with Gasteiger partial charge in [-0.1, -0.05) is 48.5 Å². The summed E-state index contributed by atoms with van der Waals surface area (Å²) in [7, 11) is 0. The van der Waals surface area contributed by atoms with E-state index in [1.807, 2.05) is 38.1 Å². The summed E-state index contributed by atoms with van der Waals surface area (Å²) >= 11 is 5.74. The van der Waals surface area contributed by atoms with Crippen LogP contribution in [-0.2, 0) is 36.8 Å². The maximum Gasteiger partial charge on any atom is 0.416 e. The van der Waals surface area contributed by atoms with Crippen LogP contribution < -0.4 is 4.90 Å². The molecule has 3 heterocycles. The Hall–Kier alpha value is -4.41. The van der Waals surface area contributed by atoms with Crippen molar-refractivity contribution in [3.63, 3.8) is 0 Å². The molecule has 0 saturated heterocycles. The topological polar surface area (TPSA) is 49.2 Å². The number of aliphatic hydroxyl groups is 1. The van der Waals surface area contributed by atoms with Crippen molar-refractivity contribution in [1.82, 2.24) is 9.97 Å². The van der Waals surface area contributed by atoms with Crippen LogP contribution in [0.2, 0.25) is 0 Å². The second-order valence-corrected chi connectivity index (χ2v) is 13.5. The van der Waals surface area contributed by atoms with Gasteiger partial charge in [0.05, 0.1) is 28.1 Å². The molecule has 51 heavy (non-hydrogen) atoms. The van der Waals surface area contributed by atoms with E-state index in [0.29, 0.717) is 41.0 Å². The predicted molar refractivity (Wildman–Crippen MR) is 189 cm³/mol. The van der Waals surface area contributed by atoms with Gasteiger partial charge in [0.15, 0.2) is 0 Å². The Morgan fingerprint density at radius 2 is 1.14 bits per heavy atom. The van der Waals surface area contributed by atoms with Crippen LogP contribution in [0, 0.1) is 13.8 Å². The largest absolute Gasteiger partial charge is 0.416 e. The maximum absolute atomic E-state index is 12.8. The number of halogens is 7. The monoisotopic (exact) mass is 725 g/mol. The van der Waals surface area contributed by atoms with Crippen LogP contribution in [0.1, 0.15) is 65.5 Å². The number of aryl methyl sites for hydroxylation is 2. The molecule has 0 bridgehead atoms. The highest BCUT2D eigenvalue weighted by Gasteiger charge is 2.31. The van der Waals surface area contributed by atoms with Crippen molar-refractivity contribution < 1.29 is 31.4 Å². The van der Waals surface area contributed by atoms with E-state index in [1.54, 1.807) is 19.9 Å². The molecule has 4 nitrogen and oxygen atoms in total. The zero-order valence-corrected chi connectivity index (χ0v) is 29.5. The fourth-order valence-corrected chi connectivity index (χ4v) is 6.25. The first-order chi connectivity index (χ1) is 23.8. The molecule has 0 saturated carbocycles. The molecular weight excluding hydrogens is 688 g/mol. The highest BCUT2D eigenvalue weighted by Crippen LogP contribution is 2.37. The molecule has 1 N–H and O–H groups in total. The summed E-state index contributed by atoms with van der Waals surface area (Å²) in [6.07, 6.45) is -7.75. The van der Waals surface area contributed by atoms with Crippen molar-refractivity contribution in [3.8, 4) is 22.5 Å². The SMILES string of the molecule is Cc1nc(-c2ccc(C(F)(F)F)cc2)ccc1CCl.Cc1nc(-c2ccc(C(F)(F)F)cc2)ccc1CN1c2ccc(C(C)(C)O)cc2CC1C. The number of hydrogen-bond donors (Lipinski definition) is 1. The van der Waals surface area contributed by atoms with Gasteiger partial charge in [0, 0.05) is 46.7 Å². The van der Waals surface area contributed by atoms with Crippen molar-refractivity contribution in [2.45, 2.75) is 77.5 Å². The molecule has 6 rings (SSSR count). The molecule has 1 aliphatic rings. The summed E-state index contributed by atoms with van der Waals surface area (Å²) in [4.78, 5) is 11.3. The average molecular weight is 726 g/mol. The number of pyridine rings is 2. The molecule has 268 valence electrons. The third kappa shape index (κ3) is 8.91. The van der Waals surface area contributed by atoms with Gasteiger partial charge in [-0.15, -0.1) is 11.6 Å². The summed E-state index contributed by atoms with van der Waals surface area (Å²) in [6.45, 7) is 10.2. The van der Waals surface area contributed by atoms with E-state index in [2.05, 4.69) is 33.9 Å². The minimum atomic E-state index is -4.35. The third-order valence-electron chi connectivity index (χ3n) is 9.03. The Labute approximate surface area is 298 Å². The second-order valence-electron chi connectivity index (χ2n) is 13.2. The van der Waals surface area contributed by atoms with Crippen molar-refractivity contribution in [2.24, 2.45) is 0 Å². The number of alkyl halides is 7. The van der Waals surface area contributed by atoms with Gasteiger partial charge in [-0.05, 0) is 106 Å². The summed E-state index contributed by atoms with van der Waals surface area (Å²) < 4.78 is 75.8. The summed E-state index contributed by atoms with van der Waals surface area (Å²) in [5.41, 5.74) is 7.33. The molecule has 0 aliphatic carbocycles. The number of aromatic nitrogens is 2. The smallest absolute Gasteiger partial charge is 0.386 e. The lowest BCUT2D eigenvalue weighted by atomic mass is 9.95. The fraction of sp³-hybridized carbons (Fsp3) is 0.300. The highest BCUT2D eigenvalue weighted by atomic mass is 35.5. The molecule has 3 aromatic carbocycles. The summed E-state index contributed by atoms with van der Waals surface area (Å²) in [5, 5.41) is 10.3. The van der Waals surface area contributed by atoms with Crippen LogP contribution >= 0.6 is 11.6 Å². The van der Waals surface area contributed by atoms with E-state index >= 15 is 0 Å². The zero-order chi connectivity index (χ0) is 37.3. The van der Waals surface area contributed by atoms with Crippen molar-refractivity contribution in [2.75, 3.05) is 4.90 Å².